The van der Waals surface area contributed by atoms with Crippen LogP contribution in [0.3, 0.4) is 0 Å². The zero-order valence-corrected chi connectivity index (χ0v) is 20.4. The van der Waals surface area contributed by atoms with Crippen molar-refractivity contribution >= 4 is 40.3 Å². The summed E-state index contributed by atoms with van der Waals surface area (Å²) in [4.78, 5) is 29.8. The Morgan fingerprint density at radius 1 is 1.33 bits per heavy atom. The van der Waals surface area contributed by atoms with Crippen LogP contribution >= 0.6 is 11.6 Å². The predicted octanol–water partition coefficient (Wildman–Crippen LogP) is 4.00. The number of hydrogen-bond donors (Lipinski definition) is 2. The molecule has 0 bridgehead atoms. The molecule has 1 aliphatic rings. The summed E-state index contributed by atoms with van der Waals surface area (Å²) in [5, 5.41) is 13.8. The molecule has 1 unspecified atom stereocenters. The second kappa shape index (κ2) is 11.2. The van der Waals surface area contributed by atoms with E-state index in [1.54, 1.807) is 37.5 Å². The average Bonchev–Trinajstić information content (AvgIpc) is 3.47. The maximum Gasteiger partial charge on any atom is 0.277 e. The summed E-state index contributed by atoms with van der Waals surface area (Å²) in [5.41, 5.74) is 2.44. The van der Waals surface area contributed by atoms with Crippen LogP contribution in [0.4, 0.5) is 10.1 Å². The van der Waals surface area contributed by atoms with Crippen LogP contribution in [0.5, 0.6) is 0 Å². The molecule has 2 amide bonds. The Morgan fingerprint density at radius 2 is 2.14 bits per heavy atom. The zero-order chi connectivity index (χ0) is 25.7. The molecule has 1 aliphatic carbocycles. The molecule has 1 fully saturated rings. The minimum absolute atomic E-state index is 0.0440. The van der Waals surface area contributed by atoms with Gasteiger partial charge < -0.3 is 15.4 Å². The minimum Gasteiger partial charge on any atom is -0.496 e. The molecule has 3 aromatic heterocycles. The molecule has 10 nitrogen and oxygen atoms in total. The van der Waals surface area contributed by atoms with Gasteiger partial charge in [-0.15, -0.1) is 0 Å². The molecule has 3 aromatic rings. The number of carbonyl (C=O) groups excluding carboxylic acids is 2. The number of rotatable bonds is 9. The predicted molar refractivity (Wildman–Crippen MR) is 133 cm³/mol. The number of anilines is 1. The molecule has 1 atom stereocenters. The Hall–Kier alpha value is -3.99. The zero-order valence-electron chi connectivity index (χ0n) is 19.7. The Morgan fingerprint density at radius 3 is 2.81 bits per heavy atom. The largest absolute Gasteiger partial charge is 0.496 e. The summed E-state index contributed by atoms with van der Waals surface area (Å²) < 4.78 is 23.0. The van der Waals surface area contributed by atoms with Crippen molar-refractivity contribution in [2.75, 3.05) is 12.4 Å². The van der Waals surface area contributed by atoms with E-state index in [-0.39, 0.29) is 23.0 Å². The number of fused-ring (bicyclic) bond motifs is 1. The van der Waals surface area contributed by atoms with E-state index in [0.29, 0.717) is 17.0 Å². The summed E-state index contributed by atoms with van der Waals surface area (Å²) in [6, 6.07) is 1.64. The van der Waals surface area contributed by atoms with E-state index in [2.05, 4.69) is 25.8 Å². The van der Waals surface area contributed by atoms with E-state index in [0.717, 1.165) is 23.9 Å². The summed E-state index contributed by atoms with van der Waals surface area (Å²) in [6.45, 7) is 1.79. The van der Waals surface area contributed by atoms with Crippen molar-refractivity contribution in [1.82, 2.24) is 29.7 Å². The topological polar surface area (TPSA) is 115 Å². The maximum atomic E-state index is 15.2. The van der Waals surface area contributed by atoms with Crippen LogP contribution in [0.1, 0.15) is 48.5 Å². The first kappa shape index (κ1) is 25.1. The van der Waals surface area contributed by atoms with E-state index in [9.17, 15) is 9.59 Å². The molecule has 3 heterocycles. The quantitative estimate of drug-likeness (QED) is 0.330. The Bertz CT molecular complexity index is 1360. The first-order valence-corrected chi connectivity index (χ1v) is 11.7. The van der Waals surface area contributed by atoms with Crippen molar-refractivity contribution in [2.45, 2.75) is 38.5 Å². The highest BCUT2D eigenvalue weighted by atomic mass is 35.5. The molecule has 12 heteroatoms. The highest BCUT2D eigenvalue weighted by Crippen LogP contribution is 2.30. The number of amides is 2. The van der Waals surface area contributed by atoms with E-state index in [4.69, 9.17) is 16.3 Å². The Balaban J connectivity index is 1.75. The second-order valence-electron chi connectivity index (χ2n) is 8.02. The Kier molecular flexibility index (Phi) is 7.79. The van der Waals surface area contributed by atoms with Crippen LogP contribution < -0.4 is 10.6 Å². The van der Waals surface area contributed by atoms with Crippen molar-refractivity contribution in [3.8, 4) is 0 Å². The van der Waals surface area contributed by atoms with E-state index in [1.165, 1.54) is 35.6 Å². The lowest BCUT2D eigenvalue weighted by Crippen LogP contribution is -2.42. The van der Waals surface area contributed by atoms with Gasteiger partial charge in [-0.25, -0.2) is 18.6 Å². The number of halogens is 2. The molecule has 0 radical (unpaired) electrons. The van der Waals surface area contributed by atoms with Gasteiger partial charge in [0.2, 0.25) is 0 Å². The van der Waals surface area contributed by atoms with Crippen molar-refractivity contribution in [3.05, 3.63) is 71.6 Å². The van der Waals surface area contributed by atoms with Gasteiger partial charge in [-0.3, -0.25) is 9.59 Å². The molecule has 1 saturated carbocycles. The average molecular weight is 514 g/mol. The third kappa shape index (κ3) is 5.15. The van der Waals surface area contributed by atoms with Crippen LogP contribution in [0.15, 0.2) is 60.4 Å². The maximum absolute atomic E-state index is 15.2. The van der Waals surface area contributed by atoms with Crippen molar-refractivity contribution in [3.63, 3.8) is 0 Å². The fraction of sp³-hybridized carbons (Fsp3) is 0.292. The van der Waals surface area contributed by atoms with E-state index < -0.39 is 18.1 Å². The number of methoxy groups -OCH3 is 1. The number of allylic oxidation sites excluding steroid dienone is 4. The van der Waals surface area contributed by atoms with E-state index in [1.807, 2.05) is 0 Å². The van der Waals surface area contributed by atoms with Crippen LogP contribution in [0.2, 0.25) is 0 Å². The van der Waals surface area contributed by atoms with Gasteiger partial charge in [-0.1, -0.05) is 17.7 Å². The van der Waals surface area contributed by atoms with Crippen LogP contribution in [-0.2, 0) is 9.53 Å². The van der Waals surface area contributed by atoms with Gasteiger partial charge in [0.25, 0.3) is 18.1 Å². The number of aromatic nitrogens is 5. The minimum atomic E-state index is -2.11. The van der Waals surface area contributed by atoms with Gasteiger partial charge in [0.05, 0.1) is 25.2 Å². The molecule has 0 aromatic carbocycles. The molecule has 4 rings (SSSR count). The fourth-order valence-electron chi connectivity index (χ4n) is 3.68. The number of carbonyl (C=O) groups is 2. The first-order chi connectivity index (χ1) is 17.5. The molecule has 0 aliphatic heterocycles. The van der Waals surface area contributed by atoms with Gasteiger partial charge in [-0.2, -0.15) is 10.2 Å². The molecular formula is C24H25ClFN7O3. The van der Waals surface area contributed by atoms with Crippen LogP contribution in [0.25, 0.3) is 11.2 Å². The summed E-state index contributed by atoms with van der Waals surface area (Å²) in [5.74, 6) is -0.988. The molecule has 0 spiro atoms. The molecule has 36 heavy (non-hydrogen) atoms. The van der Waals surface area contributed by atoms with Crippen molar-refractivity contribution in [1.29, 1.82) is 0 Å². The van der Waals surface area contributed by atoms with Crippen molar-refractivity contribution < 1.29 is 18.7 Å². The normalized spacial score (nSPS) is 15.7. The third-order valence-electron chi connectivity index (χ3n) is 5.69. The lowest BCUT2D eigenvalue weighted by atomic mass is 9.93. The lowest BCUT2D eigenvalue weighted by molar-refractivity contribution is -0.130. The van der Waals surface area contributed by atoms with Gasteiger partial charge in [-0.05, 0) is 44.4 Å². The first-order valence-electron chi connectivity index (χ1n) is 11.3. The van der Waals surface area contributed by atoms with Gasteiger partial charge >= 0.3 is 0 Å². The number of hydrogen-bond acceptors (Lipinski definition) is 6. The highest BCUT2D eigenvalue weighted by Gasteiger charge is 2.29. The molecule has 188 valence electrons. The third-order valence-corrected chi connectivity index (χ3v) is 5.82. The number of alkyl halides is 1. The number of ether oxygens (including phenoxy) is 1. The monoisotopic (exact) mass is 513 g/mol. The SMILES string of the molecule is C\C=C/C(OC)=C(\C=C\Cl)c1nn(C(F)C(=O)NC2CCC2)cc1NC(=O)c1cnn2cccnc12. The summed E-state index contributed by atoms with van der Waals surface area (Å²) >= 11 is 5.88. The smallest absolute Gasteiger partial charge is 0.277 e. The highest BCUT2D eigenvalue weighted by molar-refractivity contribution is 6.26. The van der Waals surface area contributed by atoms with Crippen LogP contribution in [-0.4, -0.2) is 49.3 Å². The van der Waals surface area contributed by atoms with E-state index >= 15 is 4.39 Å². The standard InChI is InChI=1S/C24H25ClFN7O3/c1-3-6-19(36-2)16(9-10-25)20-18(14-33(31-20)21(26)24(35)29-15-7-4-8-15)30-23(34)17-13-28-32-12-5-11-27-22(17)32/h3,5-6,9-15,21H,4,7-8H2,1-2H3,(H,29,35)(H,30,34)/b6-3-,10-9+,19-16-. The Labute approximate surface area is 211 Å². The lowest BCUT2D eigenvalue weighted by Gasteiger charge is -2.26. The number of nitrogens with one attached hydrogen (secondary N) is 2. The molecule has 2 N–H and O–H groups in total. The second-order valence-corrected chi connectivity index (χ2v) is 8.27. The summed E-state index contributed by atoms with van der Waals surface area (Å²) in [6.07, 6.45) is 11.2. The fourth-order valence-corrected chi connectivity index (χ4v) is 3.80. The molecule has 0 saturated heterocycles. The van der Waals surface area contributed by atoms with Gasteiger partial charge in [0, 0.05) is 29.5 Å². The number of nitrogens with zero attached hydrogens (tertiary/aromatic N) is 5. The van der Waals surface area contributed by atoms with Crippen molar-refractivity contribution in [2.24, 2.45) is 0 Å². The molecular weight excluding hydrogens is 489 g/mol. The van der Waals surface area contributed by atoms with Gasteiger partial charge in [0.15, 0.2) is 5.65 Å². The van der Waals surface area contributed by atoms with Gasteiger partial charge in [0.1, 0.15) is 17.0 Å². The van der Waals surface area contributed by atoms with Crippen LogP contribution in [0, 0.1) is 0 Å². The summed E-state index contributed by atoms with van der Waals surface area (Å²) in [7, 11) is 1.46.